The number of aromatic nitrogens is 1. The molecule has 2 aromatic rings. The molecule has 0 saturated heterocycles. The monoisotopic (exact) mass is 536 g/mol. The van der Waals surface area contributed by atoms with Crippen LogP contribution in [-0.2, 0) is 26.9 Å². The number of hydrogen-bond acceptors (Lipinski definition) is 6. The molecule has 1 aromatic carbocycles. The van der Waals surface area contributed by atoms with Crippen molar-refractivity contribution in [3.05, 3.63) is 47.2 Å². The molecule has 0 unspecified atom stereocenters. The van der Waals surface area contributed by atoms with Gasteiger partial charge in [0.1, 0.15) is 11.3 Å². The van der Waals surface area contributed by atoms with E-state index in [-0.39, 0.29) is 40.4 Å². The zero-order valence-corrected chi connectivity index (χ0v) is 21.7. The number of benzene rings is 1. The van der Waals surface area contributed by atoms with Crippen LogP contribution in [0.25, 0.3) is 0 Å². The number of carboxylic acid groups (broad SMARTS) is 1. The third-order valence-corrected chi connectivity index (χ3v) is 6.53. The van der Waals surface area contributed by atoms with E-state index in [9.17, 15) is 27.6 Å². The molecule has 11 heteroatoms. The Bertz CT molecular complexity index is 1190. The maximum absolute atomic E-state index is 13.7. The van der Waals surface area contributed by atoms with E-state index in [1.54, 1.807) is 0 Å². The first-order chi connectivity index (χ1) is 17.8. The number of amides is 1. The van der Waals surface area contributed by atoms with Crippen LogP contribution in [0.15, 0.2) is 30.5 Å². The standard InChI is InChI=1S/C27H31F3N2O6/c1-15(2)32(25(35)18-7-5-16(3)6-8-18)22-10-9-19(13-20(22)26(36)37-4)38-24-21(27(28,29)30)11-17(14-31-24)12-23(33)34/h9-11,13-16,18H,5-8,12H2,1-4H3,(H,33,34)/t16-,18-. The number of halogens is 3. The summed E-state index contributed by atoms with van der Waals surface area (Å²) in [6, 6.07) is 4.35. The molecule has 3 rings (SSSR count). The molecule has 0 aliphatic heterocycles. The zero-order valence-electron chi connectivity index (χ0n) is 21.7. The van der Waals surface area contributed by atoms with Crippen LogP contribution in [-0.4, -0.2) is 41.1 Å². The van der Waals surface area contributed by atoms with Crippen LogP contribution in [0, 0.1) is 11.8 Å². The van der Waals surface area contributed by atoms with E-state index in [2.05, 4.69) is 11.9 Å². The van der Waals surface area contributed by atoms with Gasteiger partial charge in [0.15, 0.2) is 0 Å². The highest BCUT2D eigenvalue weighted by atomic mass is 19.4. The van der Waals surface area contributed by atoms with E-state index in [1.807, 2.05) is 13.8 Å². The lowest BCUT2D eigenvalue weighted by Gasteiger charge is -2.34. The number of nitrogens with zero attached hydrogens (tertiary/aromatic N) is 2. The van der Waals surface area contributed by atoms with Gasteiger partial charge in [-0.3, -0.25) is 9.59 Å². The van der Waals surface area contributed by atoms with Crippen LogP contribution in [0.4, 0.5) is 18.9 Å². The molecule has 0 bridgehead atoms. The highest BCUT2D eigenvalue weighted by Crippen LogP contribution is 2.39. The second-order valence-electron chi connectivity index (χ2n) is 9.80. The summed E-state index contributed by atoms with van der Waals surface area (Å²) in [5, 5.41) is 8.90. The molecule has 0 spiro atoms. The lowest BCUT2D eigenvalue weighted by atomic mass is 9.82. The van der Waals surface area contributed by atoms with Crippen molar-refractivity contribution in [2.45, 2.75) is 65.1 Å². The molecule has 1 fully saturated rings. The minimum Gasteiger partial charge on any atom is -0.481 e. The number of carboxylic acids is 1. The van der Waals surface area contributed by atoms with Gasteiger partial charge in [0.25, 0.3) is 0 Å². The van der Waals surface area contributed by atoms with Gasteiger partial charge in [-0.2, -0.15) is 13.2 Å². The number of carbonyl (C=O) groups excluding carboxylic acids is 2. The lowest BCUT2D eigenvalue weighted by molar-refractivity contribution is -0.139. The second kappa shape index (κ2) is 11.8. The van der Waals surface area contributed by atoms with E-state index in [1.165, 1.54) is 23.1 Å². The number of alkyl halides is 3. The number of ether oxygens (including phenoxy) is 2. The molecule has 8 nitrogen and oxygen atoms in total. The van der Waals surface area contributed by atoms with Crippen LogP contribution >= 0.6 is 0 Å². The SMILES string of the molecule is COC(=O)c1cc(Oc2ncc(CC(=O)O)cc2C(F)(F)F)ccc1N(C(=O)[C@H]1CC[C@H](C)CC1)C(C)C. The highest BCUT2D eigenvalue weighted by Gasteiger charge is 2.37. The minimum atomic E-state index is -4.87. The van der Waals surface area contributed by atoms with E-state index in [4.69, 9.17) is 14.6 Å². The molecule has 38 heavy (non-hydrogen) atoms. The first-order valence-electron chi connectivity index (χ1n) is 12.3. The van der Waals surface area contributed by atoms with Gasteiger partial charge >= 0.3 is 18.1 Å². The van der Waals surface area contributed by atoms with Crippen molar-refractivity contribution in [2.75, 3.05) is 12.0 Å². The molecule has 0 atom stereocenters. The quantitative estimate of drug-likeness (QED) is 0.420. The summed E-state index contributed by atoms with van der Waals surface area (Å²) in [6.07, 6.45) is -1.20. The largest absolute Gasteiger partial charge is 0.481 e. The van der Waals surface area contributed by atoms with E-state index >= 15 is 0 Å². The van der Waals surface area contributed by atoms with E-state index in [0.29, 0.717) is 12.0 Å². The number of hydrogen-bond donors (Lipinski definition) is 1. The summed E-state index contributed by atoms with van der Waals surface area (Å²) in [5.41, 5.74) is -1.19. The summed E-state index contributed by atoms with van der Waals surface area (Å²) in [5.74, 6) is -2.81. The van der Waals surface area contributed by atoms with Gasteiger partial charge in [0.2, 0.25) is 11.8 Å². The van der Waals surface area contributed by atoms with Crippen LogP contribution in [0.1, 0.15) is 67.9 Å². The molecule has 1 aliphatic rings. The molecule has 1 aromatic heterocycles. The Balaban J connectivity index is 2.00. The first kappa shape index (κ1) is 28.9. The summed E-state index contributed by atoms with van der Waals surface area (Å²) in [6.45, 7) is 5.77. The molecule has 1 heterocycles. The first-order valence-corrected chi connectivity index (χ1v) is 12.3. The number of anilines is 1. The molecule has 206 valence electrons. The third-order valence-electron chi connectivity index (χ3n) is 6.53. The van der Waals surface area contributed by atoms with E-state index < -0.39 is 36.0 Å². The van der Waals surface area contributed by atoms with Crippen molar-refractivity contribution in [2.24, 2.45) is 11.8 Å². The molecule has 0 radical (unpaired) electrons. The van der Waals surface area contributed by atoms with Gasteiger partial charge in [-0.1, -0.05) is 6.92 Å². The Labute approximate surface area is 218 Å². The fraction of sp³-hybridized carbons (Fsp3) is 0.481. The molecule has 1 aliphatic carbocycles. The molecular formula is C27H31F3N2O6. The van der Waals surface area contributed by atoms with Crippen molar-refractivity contribution >= 4 is 23.5 Å². The van der Waals surface area contributed by atoms with Gasteiger partial charge < -0.3 is 19.5 Å². The van der Waals surface area contributed by atoms with Gasteiger partial charge in [-0.15, -0.1) is 0 Å². The Morgan fingerprint density at radius 3 is 2.34 bits per heavy atom. The highest BCUT2D eigenvalue weighted by molar-refractivity contribution is 6.04. The zero-order chi connectivity index (χ0) is 28.2. The number of rotatable bonds is 8. The smallest absolute Gasteiger partial charge is 0.421 e. The fourth-order valence-corrected chi connectivity index (χ4v) is 4.58. The van der Waals surface area contributed by atoms with Gasteiger partial charge in [-0.25, -0.2) is 9.78 Å². The number of esters is 1. The Hall–Kier alpha value is -3.63. The number of pyridine rings is 1. The van der Waals surface area contributed by atoms with Crippen LogP contribution < -0.4 is 9.64 Å². The Morgan fingerprint density at radius 2 is 1.79 bits per heavy atom. The number of methoxy groups -OCH3 is 1. The van der Waals surface area contributed by atoms with Crippen molar-refractivity contribution in [1.29, 1.82) is 0 Å². The Kier molecular flexibility index (Phi) is 9.01. The molecule has 1 amide bonds. The van der Waals surface area contributed by atoms with Gasteiger partial charge in [0.05, 0.1) is 24.8 Å². The minimum absolute atomic E-state index is 0.0488. The molecule has 1 N–H and O–H groups in total. The maximum Gasteiger partial charge on any atom is 0.421 e. The summed E-state index contributed by atoms with van der Waals surface area (Å²) in [7, 11) is 1.16. The lowest BCUT2D eigenvalue weighted by Crippen LogP contribution is -2.43. The average Bonchev–Trinajstić information content (AvgIpc) is 2.84. The second-order valence-corrected chi connectivity index (χ2v) is 9.80. The average molecular weight is 537 g/mol. The topological polar surface area (TPSA) is 106 Å². The predicted molar refractivity (Wildman–Crippen MR) is 132 cm³/mol. The van der Waals surface area contributed by atoms with Crippen LogP contribution in [0.3, 0.4) is 0 Å². The molecule has 1 saturated carbocycles. The summed E-state index contributed by atoms with van der Waals surface area (Å²) < 4.78 is 51.4. The summed E-state index contributed by atoms with van der Waals surface area (Å²) >= 11 is 0. The van der Waals surface area contributed by atoms with Gasteiger partial charge in [-0.05, 0) is 75.3 Å². The summed E-state index contributed by atoms with van der Waals surface area (Å²) in [4.78, 5) is 42.4. The normalized spacial score (nSPS) is 17.7. The molecular weight excluding hydrogens is 505 g/mol. The van der Waals surface area contributed by atoms with Crippen LogP contribution in [0.5, 0.6) is 11.6 Å². The van der Waals surface area contributed by atoms with Gasteiger partial charge in [0, 0.05) is 18.2 Å². The fourth-order valence-electron chi connectivity index (χ4n) is 4.58. The van der Waals surface area contributed by atoms with Crippen molar-refractivity contribution in [3.8, 4) is 11.6 Å². The number of carbonyl (C=O) groups is 3. The Morgan fingerprint density at radius 1 is 1.13 bits per heavy atom. The van der Waals surface area contributed by atoms with Crippen LogP contribution in [0.2, 0.25) is 0 Å². The maximum atomic E-state index is 13.7. The van der Waals surface area contributed by atoms with Crippen molar-refractivity contribution < 1.29 is 42.1 Å². The number of aliphatic carboxylic acids is 1. The van der Waals surface area contributed by atoms with E-state index in [0.717, 1.165) is 39.0 Å². The van der Waals surface area contributed by atoms with Crippen molar-refractivity contribution in [3.63, 3.8) is 0 Å². The third kappa shape index (κ3) is 6.81. The van der Waals surface area contributed by atoms with Crippen molar-refractivity contribution in [1.82, 2.24) is 4.98 Å². The predicted octanol–water partition coefficient (Wildman–Crippen LogP) is 5.87.